The Kier molecular flexibility index (Phi) is 3.72. The van der Waals surface area contributed by atoms with Gasteiger partial charge in [0.25, 0.3) is 0 Å². The van der Waals surface area contributed by atoms with Crippen molar-refractivity contribution < 1.29 is 0 Å². The van der Waals surface area contributed by atoms with Crippen molar-refractivity contribution in [3.63, 3.8) is 0 Å². The van der Waals surface area contributed by atoms with Crippen molar-refractivity contribution in [1.29, 1.82) is 0 Å². The van der Waals surface area contributed by atoms with Gasteiger partial charge in [-0.05, 0) is 40.6 Å². The Bertz CT molecular complexity index is 218. The number of hydrogen-bond acceptors (Lipinski definition) is 1. The minimum Gasteiger partial charge on any atom is -0.0814 e. The molecule has 0 aromatic heterocycles. The minimum absolute atomic E-state index is 0.608. The SMILES string of the molecule is Cc1ccc(C(C)SI)cc1. The first-order valence-corrected chi connectivity index (χ1v) is 7.00. The van der Waals surface area contributed by atoms with E-state index in [4.69, 9.17) is 0 Å². The first-order chi connectivity index (χ1) is 5.24. The molecule has 1 aromatic carbocycles. The van der Waals surface area contributed by atoms with E-state index in [1.54, 1.807) is 0 Å². The van der Waals surface area contributed by atoms with E-state index in [0.29, 0.717) is 5.25 Å². The summed E-state index contributed by atoms with van der Waals surface area (Å²) in [5.41, 5.74) is 2.74. The molecule has 60 valence electrons. The zero-order chi connectivity index (χ0) is 8.27. The topological polar surface area (TPSA) is 0 Å². The van der Waals surface area contributed by atoms with Crippen molar-refractivity contribution in [3.05, 3.63) is 35.4 Å². The second-order valence-corrected chi connectivity index (χ2v) is 5.05. The zero-order valence-corrected chi connectivity index (χ0v) is 9.65. The van der Waals surface area contributed by atoms with Crippen LogP contribution >= 0.6 is 30.1 Å². The second kappa shape index (κ2) is 4.36. The number of halogens is 1. The largest absolute Gasteiger partial charge is 0.0814 e. The summed E-state index contributed by atoms with van der Waals surface area (Å²) in [5, 5.41) is 0.608. The predicted octanol–water partition coefficient (Wildman–Crippen LogP) is 4.14. The molecule has 11 heavy (non-hydrogen) atoms. The molecular weight excluding hydrogens is 267 g/mol. The standard InChI is InChI=1S/C9H11IS/c1-7-3-5-9(6-4-7)8(2)11-10/h3-6,8H,1-2H3. The van der Waals surface area contributed by atoms with Gasteiger partial charge in [0.1, 0.15) is 0 Å². The van der Waals surface area contributed by atoms with Gasteiger partial charge in [-0.2, -0.15) is 0 Å². The Morgan fingerprint density at radius 3 is 2.27 bits per heavy atom. The van der Waals surface area contributed by atoms with E-state index >= 15 is 0 Å². The molecule has 1 aromatic rings. The van der Waals surface area contributed by atoms with Crippen molar-refractivity contribution in [2.45, 2.75) is 19.1 Å². The van der Waals surface area contributed by atoms with E-state index in [2.05, 4.69) is 59.3 Å². The van der Waals surface area contributed by atoms with E-state index in [1.165, 1.54) is 11.1 Å². The number of hydrogen-bond donors (Lipinski definition) is 0. The first kappa shape index (κ1) is 9.39. The van der Waals surface area contributed by atoms with Crippen LogP contribution in [-0.2, 0) is 0 Å². The normalized spacial score (nSPS) is 13.0. The summed E-state index contributed by atoms with van der Waals surface area (Å²) in [4.78, 5) is 0. The van der Waals surface area contributed by atoms with Gasteiger partial charge in [-0.3, -0.25) is 0 Å². The van der Waals surface area contributed by atoms with Crippen LogP contribution in [-0.4, -0.2) is 0 Å². The monoisotopic (exact) mass is 278 g/mol. The number of benzene rings is 1. The molecule has 2 heteroatoms. The van der Waals surface area contributed by atoms with Crippen LogP contribution in [0.25, 0.3) is 0 Å². The predicted molar refractivity (Wildman–Crippen MR) is 61.2 cm³/mol. The minimum atomic E-state index is 0.608. The highest BCUT2D eigenvalue weighted by Crippen LogP contribution is 2.33. The van der Waals surface area contributed by atoms with E-state index < -0.39 is 0 Å². The summed E-state index contributed by atoms with van der Waals surface area (Å²) < 4.78 is 0. The van der Waals surface area contributed by atoms with Crippen LogP contribution in [0.4, 0.5) is 0 Å². The lowest BCUT2D eigenvalue weighted by atomic mass is 10.1. The third-order valence-electron chi connectivity index (χ3n) is 1.68. The summed E-state index contributed by atoms with van der Waals surface area (Å²) in [6, 6.07) is 8.73. The molecule has 0 nitrogen and oxygen atoms in total. The average molecular weight is 278 g/mol. The average Bonchev–Trinajstić information content (AvgIpc) is 2.05. The fourth-order valence-corrected chi connectivity index (χ4v) is 2.03. The van der Waals surface area contributed by atoms with Gasteiger partial charge in [0.2, 0.25) is 0 Å². The van der Waals surface area contributed by atoms with Crippen LogP contribution in [0.15, 0.2) is 24.3 Å². The first-order valence-electron chi connectivity index (χ1n) is 3.58. The molecule has 0 aliphatic carbocycles. The Morgan fingerprint density at radius 2 is 1.82 bits per heavy atom. The maximum atomic E-state index is 2.34. The number of rotatable bonds is 2. The Hall–Kier alpha value is 0.300. The van der Waals surface area contributed by atoms with Gasteiger partial charge in [-0.15, -0.1) is 0 Å². The van der Waals surface area contributed by atoms with Crippen LogP contribution in [0.2, 0.25) is 0 Å². The molecule has 0 fully saturated rings. The molecule has 0 aliphatic rings. The Morgan fingerprint density at radius 1 is 1.27 bits per heavy atom. The lowest BCUT2D eigenvalue weighted by molar-refractivity contribution is 1.11. The maximum Gasteiger partial charge on any atom is 0.0369 e. The zero-order valence-electron chi connectivity index (χ0n) is 6.67. The molecule has 0 bridgehead atoms. The van der Waals surface area contributed by atoms with Crippen LogP contribution in [0, 0.1) is 6.92 Å². The maximum absolute atomic E-state index is 2.34. The molecule has 0 saturated heterocycles. The molecule has 0 saturated carbocycles. The lowest BCUT2D eigenvalue weighted by Gasteiger charge is -2.06. The molecular formula is C9H11IS. The van der Waals surface area contributed by atoms with Gasteiger partial charge in [0, 0.05) is 5.25 Å². The van der Waals surface area contributed by atoms with Gasteiger partial charge >= 0.3 is 0 Å². The smallest absolute Gasteiger partial charge is 0.0369 e. The van der Waals surface area contributed by atoms with E-state index in [1.807, 2.05) is 8.93 Å². The summed E-state index contributed by atoms with van der Waals surface area (Å²) in [6.07, 6.45) is 0. The van der Waals surface area contributed by atoms with Crippen LogP contribution in [0.1, 0.15) is 23.3 Å². The van der Waals surface area contributed by atoms with E-state index in [0.717, 1.165) is 0 Å². The van der Waals surface area contributed by atoms with Gasteiger partial charge in [-0.25, -0.2) is 0 Å². The Balaban J connectivity index is 2.81. The van der Waals surface area contributed by atoms with Gasteiger partial charge in [0.05, 0.1) is 0 Å². The molecule has 0 radical (unpaired) electrons. The highest BCUT2D eigenvalue weighted by Gasteiger charge is 2.01. The summed E-state index contributed by atoms with van der Waals surface area (Å²) in [7, 11) is 1.85. The van der Waals surface area contributed by atoms with Crippen molar-refractivity contribution in [3.8, 4) is 0 Å². The fourth-order valence-electron chi connectivity index (χ4n) is 0.889. The van der Waals surface area contributed by atoms with Crippen molar-refractivity contribution in [2.75, 3.05) is 0 Å². The molecule has 1 atom stereocenters. The second-order valence-electron chi connectivity index (χ2n) is 2.64. The molecule has 1 unspecified atom stereocenters. The molecule has 1 rings (SSSR count). The molecule has 0 aliphatic heterocycles. The Labute approximate surface area is 84.4 Å². The van der Waals surface area contributed by atoms with Gasteiger partial charge in [-0.1, -0.05) is 38.8 Å². The highest BCUT2D eigenvalue weighted by atomic mass is 127. The van der Waals surface area contributed by atoms with Crippen LogP contribution in [0.3, 0.4) is 0 Å². The summed E-state index contributed by atoms with van der Waals surface area (Å²) in [6.45, 7) is 4.34. The third kappa shape index (κ3) is 2.67. The molecule has 0 heterocycles. The molecule has 0 N–H and O–H groups in total. The van der Waals surface area contributed by atoms with E-state index in [9.17, 15) is 0 Å². The number of aryl methyl sites for hydroxylation is 1. The lowest BCUT2D eigenvalue weighted by Crippen LogP contribution is -1.84. The summed E-state index contributed by atoms with van der Waals surface area (Å²) in [5.74, 6) is 0. The highest BCUT2D eigenvalue weighted by molar-refractivity contribution is 14.2. The molecule has 0 spiro atoms. The van der Waals surface area contributed by atoms with Crippen molar-refractivity contribution in [1.82, 2.24) is 0 Å². The van der Waals surface area contributed by atoms with Crippen molar-refractivity contribution >= 4 is 30.1 Å². The van der Waals surface area contributed by atoms with Gasteiger partial charge < -0.3 is 0 Å². The third-order valence-corrected chi connectivity index (χ3v) is 4.51. The quantitative estimate of drug-likeness (QED) is 0.733. The summed E-state index contributed by atoms with van der Waals surface area (Å²) >= 11 is 2.34. The molecule has 0 amide bonds. The fraction of sp³-hybridized carbons (Fsp3) is 0.333. The van der Waals surface area contributed by atoms with Crippen LogP contribution in [0.5, 0.6) is 0 Å². The van der Waals surface area contributed by atoms with Gasteiger partial charge in [0.15, 0.2) is 0 Å². The van der Waals surface area contributed by atoms with E-state index in [-0.39, 0.29) is 0 Å². The van der Waals surface area contributed by atoms with Crippen LogP contribution < -0.4 is 0 Å². The van der Waals surface area contributed by atoms with Crippen molar-refractivity contribution in [2.24, 2.45) is 0 Å².